The maximum Gasteiger partial charge on any atom is 0.416 e. The van der Waals surface area contributed by atoms with E-state index < -0.39 is 47.3 Å². The molecule has 0 saturated carbocycles. The van der Waals surface area contributed by atoms with E-state index in [2.05, 4.69) is 30.5 Å². The smallest absolute Gasteiger partial charge is 0.416 e. The molecule has 3 heterocycles. The van der Waals surface area contributed by atoms with Gasteiger partial charge in [0.2, 0.25) is 11.8 Å². The van der Waals surface area contributed by atoms with Crippen LogP contribution in [0, 0.1) is 12.8 Å². The summed E-state index contributed by atoms with van der Waals surface area (Å²) in [6, 6.07) is 3.17. The van der Waals surface area contributed by atoms with Crippen molar-refractivity contribution in [3.8, 4) is 0 Å². The normalized spacial score (nSPS) is 19.3. The molecule has 0 bridgehead atoms. The Kier molecular flexibility index (Phi) is 10.00. The molecule has 2 unspecified atom stereocenters. The zero-order valence-corrected chi connectivity index (χ0v) is 26.8. The first-order valence-electron chi connectivity index (χ1n) is 15.5. The molecule has 262 valence electrons. The first-order chi connectivity index (χ1) is 22.4. The molecular weight excluding hydrogens is 652 g/mol. The highest BCUT2D eigenvalue weighted by molar-refractivity contribution is 5.41. The molecule has 2 aromatic heterocycles. The number of alkyl halides is 8. The summed E-state index contributed by atoms with van der Waals surface area (Å²) in [6.07, 6.45) is -6.67. The maximum absolute atomic E-state index is 14.3. The van der Waals surface area contributed by atoms with Gasteiger partial charge in [0.25, 0.3) is 11.9 Å². The van der Waals surface area contributed by atoms with Gasteiger partial charge in [0.05, 0.1) is 12.6 Å². The third kappa shape index (κ3) is 8.21. The van der Waals surface area contributed by atoms with E-state index in [4.69, 9.17) is 4.42 Å². The number of nitrogens with zero attached hydrogens (tertiary/aromatic N) is 8. The molecular formula is C31H36F8N8O. The Hall–Kier alpha value is -3.89. The van der Waals surface area contributed by atoms with E-state index in [1.165, 1.54) is 18.0 Å². The number of hydrogen-bond donors (Lipinski definition) is 0. The minimum Gasteiger partial charge on any atom is -0.425 e. The average molecular weight is 689 g/mol. The molecule has 48 heavy (non-hydrogen) atoms. The van der Waals surface area contributed by atoms with Gasteiger partial charge in [0, 0.05) is 50.0 Å². The second kappa shape index (κ2) is 13.6. The van der Waals surface area contributed by atoms with Crippen LogP contribution in [-0.4, -0.2) is 67.0 Å². The van der Waals surface area contributed by atoms with Crippen LogP contribution >= 0.6 is 0 Å². The minimum absolute atomic E-state index is 0.0461. The lowest BCUT2D eigenvalue weighted by Crippen LogP contribution is -2.37. The molecule has 2 aliphatic rings. The molecule has 3 aromatic rings. The predicted octanol–water partition coefficient (Wildman–Crippen LogP) is 7.35. The van der Waals surface area contributed by atoms with Gasteiger partial charge in [0.1, 0.15) is 0 Å². The van der Waals surface area contributed by atoms with E-state index >= 15 is 0 Å². The SMILES string of the molecule is CCC(c1ccc(C(F)(F)F)cc1CN(CC1C=C(C(C)(F)F)C=C(C(F)(F)F)C1)c1nnn(C)n1)N1CCC(c2nnc(C)o2)CC1. The number of aromatic nitrogens is 6. The Morgan fingerprint density at radius 1 is 1.00 bits per heavy atom. The van der Waals surface area contributed by atoms with Crippen molar-refractivity contribution in [1.29, 1.82) is 0 Å². The van der Waals surface area contributed by atoms with Crippen LogP contribution in [-0.2, 0) is 19.8 Å². The second-order valence-electron chi connectivity index (χ2n) is 12.4. The minimum atomic E-state index is -4.85. The van der Waals surface area contributed by atoms with Gasteiger partial charge >= 0.3 is 12.4 Å². The van der Waals surface area contributed by atoms with E-state index in [0.717, 1.165) is 23.0 Å². The van der Waals surface area contributed by atoms with Crippen molar-refractivity contribution in [3.05, 3.63) is 70.0 Å². The van der Waals surface area contributed by atoms with Crippen molar-refractivity contribution >= 4 is 5.95 Å². The average Bonchev–Trinajstić information content (AvgIpc) is 3.64. The van der Waals surface area contributed by atoms with Crippen molar-refractivity contribution < 1.29 is 39.5 Å². The third-order valence-electron chi connectivity index (χ3n) is 8.77. The number of rotatable bonds is 10. The van der Waals surface area contributed by atoms with Crippen LogP contribution in [0.4, 0.5) is 41.1 Å². The van der Waals surface area contributed by atoms with Crippen LogP contribution in [0.15, 0.2) is 45.9 Å². The number of anilines is 1. The molecule has 1 aliphatic heterocycles. The number of allylic oxidation sites excluding steroid dienone is 3. The van der Waals surface area contributed by atoms with Gasteiger partial charge in [-0.3, -0.25) is 4.90 Å². The van der Waals surface area contributed by atoms with Crippen molar-refractivity contribution in [3.63, 3.8) is 0 Å². The Morgan fingerprint density at radius 2 is 1.71 bits per heavy atom. The number of halogens is 8. The molecule has 0 radical (unpaired) electrons. The van der Waals surface area contributed by atoms with E-state index in [1.54, 1.807) is 6.92 Å². The maximum atomic E-state index is 14.3. The molecule has 5 rings (SSSR count). The molecule has 1 aromatic carbocycles. The molecule has 0 spiro atoms. The fourth-order valence-electron chi connectivity index (χ4n) is 6.44. The summed E-state index contributed by atoms with van der Waals surface area (Å²) in [5, 5.41) is 20.0. The highest BCUT2D eigenvalue weighted by Crippen LogP contribution is 2.41. The van der Waals surface area contributed by atoms with Crippen LogP contribution in [0.2, 0.25) is 0 Å². The monoisotopic (exact) mass is 688 g/mol. The van der Waals surface area contributed by atoms with Gasteiger partial charge in [-0.25, -0.2) is 8.78 Å². The molecule has 1 fully saturated rings. The standard InChI is InChI=1S/C31H36F8N8O/c1-5-26(46-10-8-20(9-11-46)27-41-40-18(2)48-27)25-7-6-22(30(34,35)36)14-21(25)17-47(28-42-44-45(4)43-28)16-19-12-23(29(3,32)33)15-24(13-19)31(37,38)39/h6-7,12,14-15,19-20,26H,5,8-11,13,16-17H2,1-4H3. The summed E-state index contributed by atoms with van der Waals surface area (Å²) >= 11 is 0. The van der Waals surface area contributed by atoms with Crippen molar-refractivity contribution in [2.75, 3.05) is 24.5 Å². The lowest BCUT2D eigenvalue weighted by Gasteiger charge is -2.38. The summed E-state index contributed by atoms with van der Waals surface area (Å²) in [4.78, 5) is 4.67. The van der Waals surface area contributed by atoms with E-state index in [9.17, 15) is 35.1 Å². The fourth-order valence-corrected chi connectivity index (χ4v) is 6.44. The van der Waals surface area contributed by atoms with Crippen molar-refractivity contribution in [2.24, 2.45) is 13.0 Å². The number of aryl methyl sites for hydroxylation is 2. The van der Waals surface area contributed by atoms with E-state index in [0.29, 0.717) is 62.7 Å². The number of likely N-dealkylation sites (tertiary alicyclic amines) is 1. The van der Waals surface area contributed by atoms with Crippen molar-refractivity contribution in [1.82, 2.24) is 35.3 Å². The van der Waals surface area contributed by atoms with Crippen LogP contribution < -0.4 is 4.90 Å². The van der Waals surface area contributed by atoms with Gasteiger partial charge in [-0.2, -0.15) is 31.1 Å². The van der Waals surface area contributed by atoms with Crippen LogP contribution in [0.5, 0.6) is 0 Å². The lowest BCUT2D eigenvalue weighted by molar-refractivity contribution is -0.137. The highest BCUT2D eigenvalue weighted by atomic mass is 19.4. The van der Waals surface area contributed by atoms with E-state index in [1.807, 2.05) is 6.92 Å². The van der Waals surface area contributed by atoms with Gasteiger partial charge < -0.3 is 9.32 Å². The summed E-state index contributed by atoms with van der Waals surface area (Å²) in [5.41, 5.74) is -1.96. The summed E-state index contributed by atoms with van der Waals surface area (Å²) in [6.45, 7) is 4.82. The predicted molar refractivity (Wildman–Crippen MR) is 158 cm³/mol. The summed E-state index contributed by atoms with van der Waals surface area (Å²) < 4.78 is 118. The van der Waals surface area contributed by atoms with Crippen LogP contribution in [0.25, 0.3) is 0 Å². The molecule has 0 amide bonds. The number of piperidine rings is 1. The van der Waals surface area contributed by atoms with E-state index in [-0.39, 0.29) is 36.6 Å². The zero-order valence-electron chi connectivity index (χ0n) is 26.8. The van der Waals surface area contributed by atoms with Crippen LogP contribution in [0.3, 0.4) is 0 Å². The Morgan fingerprint density at radius 3 is 2.25 bits per heavy atom. The van der Waals surface area contributed by atoms with Gasteiger partial charge in [-0.15, -0.1) is 15.3 Å². The van der Waals surface area contributed by atoms with Crippen LogP contribution in [0.1, 0.15) is 80.0 Å². The molecule has 9 nitrogen and oxygen atoms in total. The zero-order chi connectivity index (χ0) is 35.0. The Bertz CT molecular complexity index is 1630. The molecule has 1 aliphatic carbocycles. The first kappa shape index (κ1) is 35.4. The molecule has 1 saturated heterocycles. The van der Waals surface area contributed by atoms with Gasteiger partial charge in [-0.1, -0.05) is 24.2 Å². The Labute approximate surface area is 271 Å². The molecule has 0 N–H and O–H groups in total. The van der Waals surface area contributed by atoms with Gasteiger partial charge in [-0.05, 0) is 79.2 Å². The number of tetrazole rings is 1. The highest BCUT2D eigenvalue weighted by Gasteiger charge is 2.41. The largest absolute Gasteiger partial charge is 0.425 e. The first-order valence-corrected chi connectivity index (χ1v) is 15.5. The Balaban J connectivity index is 1.48. The summed E-state index contributed by atoms with van der Waals surface area (Å²) in [7, 11) is 1.46. The fraction of sp³-hybridized carbons (Fsp3) is 0.581. The van der Waals surface area contributed by atoms with Gasteiger partial charge in [0.15, 0.2) is 0 Å². The quantitative estimate of drug-likeness (QED) is 0.205. The van der Waals surface area contributed by atoms with Crippen molar-refractivity contribution in [2.45, 2.75) is 83.2 Å². The number of benzene rings is 1. The topological polar surface area (TPSA) is 89.0 Å². The molecule has 2 atom stereocenters. The number of hydrogen-bond acceptors (Lipinski definition) is 8. The second-order valence-corrected chi connectivity index (χ2v) is 12.4. The third-order valence-corrected chi connectivity index (χ3v) is 8.77. The lowest BCUT2D eigenvalue weighted by atomic mass is 9.87. The molecule has 17 heteroatoms. The summed E-state index contributed by atoms with van der Waals surface area (Å²) in [5.74, 6) is -3.64.